The smallest absolute Gasteiger partial charge is 0.272 e. The van der Waals surface area contributed by atoms with Crippen molar-refractivity contribution in [1.29, 1.82) is 0 Å². The zero-order valence-electron chi connectivity index (χ0n) is 15.0. The van der Waals surface area contributed by atoms with Crippen LogP contribution >= 0.6 is 11.8 Å². The van der Waals surface area contributed by atoms with E-state index in [4.69, 9.17) is 14.6 Å². The van der Waals surface area contributed by atoms with Crippen molar-refractivity contribution in [3.05, 3.63) is 59.0 Å². The van der Waals surface area contributed by atoms with E-state index in [0.717, 1.165) is 4.90 Å². The maximum Gasteiger partial charge on any atom is 0.272 e. The zero-order chi connectivity index (χ0) is 19.4. The zero-order valence-corrected chi connectivity index (χ0v) is 15.8. The van der Waals surface area contributed by atoms with Gasteiger partial charge in [-0.1, -0.05) is 18.2 Å². The number of hydrogen-bond acceptors (Lipinski definition) is 6. The van der Waals surface area contributed by atoms with Crippen molar-refractivity contribution in [1.82, 2.24) is 0 Å². The van der Waals surface area contributed by atoms with Gasteiger partial charge >= 0.3 is 0 Å². The van der Waals surface area contributed by atoms with E-state index in [-0.39, 0.29) is 6.61 Å². The summed E-state index contributed by atoms with van der Waals surface area (Å²) in [5.41, 5.74) is 1.39. The summed E-state index contributed by atoms with van der Waals surface area (Å²) < 4.78 is 10.4. The van der Waals surface area contributed by atoms with E-state index in [2.05, 4.69) is 0 Å². The van der Waals surface area contributed by atoms with E-state index in [1.165, 1.54) is 18.9 Å². The Hall–Kier alpha value is -2.77. The number of rotatable bonds is 7. The van der Waals surface area contributed by atoms with Gasteiger partial charge in [-0.2, -0.15) is 0 Å². The molecule has 0 atom stereocenters. The predicted molar refractivity (Wildman–Crippen MR) is 105 cm³/mol. The molecule has 6 nitrogen and oxygen atoms in total. The maximum absolute atomic E-state index is 13.1. The summed E-state index contributed by atoms with van der Waals surface area (Å²) in [7, 11) is 3.09. The number of imide groups is 1. The van der Waals surface area contributed by atoms with Crippen LogP contribution in [0.2, 0.25) is 0 Å². The number of benzene rings is 2. The number of carbonyl (C=O) groups excluding carboxylic acids is 2. The highest BCUT2D eigenvalue weighted by Gasteiger charge is 2.40. The van der Waals surface area contributed by atoms with Gasteiger partial charge in [0.25, 0.3) is 11.8 Å². The van der Waals surface area contributed by atoms with E-state index in [1.54, 1.807) is 55.6 Å². The van der Waals surface area contributed by atoms with Gasteiger partial charge in [0.15, 0.2) is 0 Å². The summed E-state index contributed by atoms with van der Waals surface area (Å²) in [6.45, 7) is -0.0926. The second kappa shape index (κ2) is 8.28. The molecule has 7 heteroatoms. The summed E-state index contributed by atoms with van der Waals surface area (Å²) >= 11 is 1.17. The number of carbonyl (C=O) groups is 2. The minimum absolute atomic E-state index is 0.0926. The fourth-order valence-corrected chi connectivity index (χ4v) is 3.65. The van der Waals surface area contributed by atoms with E-state index in [1.807, 2.05) is 0 Å². The standard InChI is InChI=1S/C20H19NO5S/c1-25-15-8-6-13(7-9-15)17-18(27-11-10-22)20(24)21(19(17)23)14-4-3-5-16(12-14)26-2/h3-9,12,22H,10-11H2,1-2H3. The van der Waals surface area contributed by atoms with Gasteiger partial charge < -0.3 is 14.6 Å². The van der Waals surface area contributed by atoms with Gasteiger partial charge in [-0.25, -0.2) is 4.90 Å². The fourth-order valence-electron chi connectivity index (χ4n) is 2.79. The number of nitrogens with zero attached hydrogens (tertiary/aromatic N) is 1. The minimum atomic E-state index is -0.405. The monoisotopic (exact) mass is 385 g/mol. The van der Waals surface area contributed by atoms with E-state index >= 15 is 0 Å². The van der Waals surface area contributed by atoms with E-state index < -0.39 is 11.8 Å². The van der Waals surface area contributed by atoms with Gasteiger partial charge in [-0.15, -0.1) is 11.8 Å². The molecule has 1 heterocycles. The van der Waals surface area contributed by atoms with Crippen LogP contribution in [-0.2, 0) is 9.59 Å². The lowest BCUT2D eigenvalue weighted by atomic mass is 10.1. The first kappa shape index (κ1) is 19.0. The molecule has 140 valence electrons. The Morgan fingerprint density at radius 2 is 1.67 bits per heavy atom. The number of thioether (sulfide) groups is 1. The second-order valence-corrected chi connectivity index (χ2v) is 6.76. The Morgan fingerprint density at radius 1 is 0.963 bits per heavy atom. The molecule has 0 radical (unpaired) electrons. The highest BCUT2D eigenvalue weighted by atomic mass is 32.2. The first-order valence-electron chi connectivity index (χ1n) is 8.26. The Kier molecular flexibility index (Phi) is 5.83. The van der Waals surface area contributed by atoms with Crippen LogP contribution in [0, 0.1) is 0 Å². The summed E-state index contributed by atoms with van der Waals surface area (Å²) in [5.74, 6) is 0.720. The molecule has 2 amide bonds. The molecule has 3 rings (SSSR count). The van der Waals surface area contributed by atoms with Crippen molar-refractivity contribution in [3.63, 3.8) is 0 Å². The first-order valence-corrected chi connectivity index (χ1v) is 9.24. The molecular weight excluding hydrogens is 366 g/mol. The summed E-state index contributed by atoms with van der Waals surface area (Å²) in [5, 5.41) is 9.17. The van der Waals surface area contributed by atoms with Crippen molar-refractivity contribution >= 4 is 34.8 Å². The molecule has 0 aliphatic carbocycles. The average Bonchev–Trinajstić information content (AvgIpc) is 2.96. The molecule has 27 heavy (non-hydrogen) atoms. The molecule has 0 fully saturated rings. The molecular formula is C20H19NO5S. The Labute approximate surface area is 161 Å². The predicted octanol–water partition coefficient (Wildman–Crippen LogP) is 2.71. The number of amides is 2. The summed E-state index contributed by atoms with van der Waals surface area (Å²) in [6, 6.07) is 13.8. The molecule has 1 aliphatic heterocycles. The number of aliphatic hydroxyl groups is 1. The number of aliphatic hydroxyl groups excluding tert-OH is 1. The van der Waals surface area contributed by atoms with Crippen LogP contribution in [0.1, 0.15) is 5.56 Å². The normalized spacial score (nSPS) is 14.1. The number of anilines is 1. The lowest BCUT2D eigenvalue weighted by molar-refractivity contribution is -0.119. The minimum Gasteiger partial charge on any atom is -0.497 e. The van der Waals surface area contributed by atoms with Crippen LogP contribution in [0.3, 0.4) is 0 Å². The van der Waals surface area contributed by atoms with Crippen LogP contribution in [0.5, 0.6) is 11.5 Å². The Morgan fingerprint density at radius 3 is 2.30 bits per heavy atom. The van der Waals surface area contributed by atoms with Crippen LogP contribution in [0.4, 0.5) is 5.69 Å². The van der Waals surface area contributed by atoms with Gasteiger partial charge in [0.05, 0.1) is 37.0 Å². The van der Waals surface area contributed by atoms with Crippen molar-refractivity contribution in [3.8, 4) is 11.5 Å². The fraction of sp³-hybridized carbons (Fsp3) is 0.200. The molecule has 1 N–H and O–H groups in total. The van der Waals surface area contributed by atoms with Gasteiger partial charge in [0.2, 0.25) is 0 Å². The molecule has 1 aliphatic rings. The Bertz CT molecular complexity index is 892. The average molecular weight is 385 g/mol. The van der Waals surface area contributed by atoms with Gasteiger partial charge in [0, 0.05) is 11.8 Å². The third kappa shape index (κ3) is 3.70. The second-order valence-electron chi connectivity index (χ2n) is 5.65. The molecule has 0 saturated carbocycles. The number of methoxy groups -OCH3 is 2. The van der Waals surface area contributed by atoms with Gasteiger partial charge in [0.1, 0.15) is 11.5 Å². The SMILES string of the molecule is COc1ccc(C2=C(SCCO)C(=O)N(c3cccc(OC)c3)C2=O)cc1. The highest BCUT2D eigenvalue weighted by molar-refractivity contribution is 8.04. The van der Waals surface area contributed by atoms with Gasteiger partial charge in [-0.3, -0.25) is 9.59 Å². The molecule has 2 aromatic carbocycles. The summed E-state index contributed by atoms with van der Waals surface area (Å²) in [6.07, 6.45) is 0. The molecule has 0 spiro atoms. The van der Waals surface area contributed by atoms with Gasteiger partial charge in [-0.05, 0) is 29.8 Å². The van der Waals surface area contributed by atoms with E-state index in [9.17, 15) is 9.59 Å². The van der Waals surface area contributed by atoms with Crippen molar-refractivity contribution in [2.24, 2.45) is 0 Å². The third-order valence-corrected chi connectivity index (χ3v) is 5.12. The van der Waals surface area contributed by atoms with Crippen LogP contribution in [0.15, 0.2) is 53.4 Å². The van der Waals surface area contributed by atoms with Crippen molar-refractivity contribution < 1.29 is 24.2 Å². The van der Waals surface area contributed by atoms with Crippen LogP contribution < -0.4 is 14.4 Å². The largest absolute Gasteiger partial charge is 0.497 e. The quantitative estimate of drug-likeness (QED) is 0.739. The first-order chi connectivity index (χ1) is 13.1. The molecule has 0 bridgehead atoms. The van der Waals surface area contributed by atoms with E-state index in [0.29, 0.717) is 39.0 Å². The topological polar surface area (TPSA) is 76.1 Å². The van der Waals surface area contributed by atoms with Crippen molar-refractivity contribution in [2.45, 2.75) is 0 Å². The van der Waals surface area contributed by atoms with Crippen LogP contribution in [0.25, 0.3) is 5.57 Å². The molecule has 0 aromatic heterocycles. The summed E-state index contributed by atoms with van der Waals surface area (Å²) in [4.78, 5) is 27.6. The maximum atomic E-state index is 13.1. The molecule has 2 aromatic rings. The number of hydrogen-bond donors (Lipinski definition) is 1. The Balaban J connectivity index is 2.05. The van der Waals surface area contributed by atoms with Crippen LogP contribution in [-0.4, -0.2) is 43.5 Å². The van der Waals surface area contributed by atoms with Crippen molar-refractivity contribution in [2.75, 3.05) is 31.5 Å². The molecule has 0 unspecified atom stereocenters. The molecule has 0 saturated heterocycles. The lowest BCUT2D eigenvalue weighted by Gasteiger charge is -2.16. The lowest BCUT2D eigenvalue weighted by Crippen LogP contribution is -2.31. The third-order valence-electron chi connectivity index (χ3n) is 4.07. The number of ether oxygens (including phenoxy) is 2. The highest BCUT2D eigenvalue weighted by Crippen LogP contribution is 2.39.